The molecule has 3 heterocycles. The van der Waals surface area contributed by atoms with Crippen LogP contribution in [0.5, 0.6) is 0 Å². The zero-order chi connectivity index (χ0) is 14.7. The fourth-order valence-electron chi connectivity index (χ4n) is 2.52. The molecule has 0 aromatic carbocycles. The Kier molecular flexibility index (Phi) is 3.96. The Morgan fingerprint density at radius 1 is 1.29 bits per heavy atom. The molecule has 3 aromatic rings. The Labute approximate surface area is 123 Å². The molecule has 1 atom stereocenters. The van der Waals surface area contributed by atoms with Crippen LogP contribution in [0.1, 0.15) is 30.8 Å². The van der Waals surface area contributed by atoms with Crippen LogP contribution in [0.25, 0.3) is 5.52 Å². The van der Waals surface area contributed by atoms with Crippen molar-refractivity contribution in [3.63, 3.8) is 0 Å². The highest BCUT2D eigenvalue weighted by Gasteiger charge is 2.18. The van der Waals surface area contributed by atoms with Gasteiger partial charge in [-0.25, -0.2) is 9.50 Å². The fraction of sp³-hybridized carbons (Fsp3) is 0.400. The van der Waals surface area contributed by atoms with E-state index in [4.69, 9.17) is 0 Å². The summed E-state index contributed by atoms with van der Waals surface area (Å²) in [7, 11) is 1.93. The number of hydrogen-bond acceptors (Lipinski definition) is 4. The largest absolute Gasteiger partial charge is 0.309 e. The summed E-state index contributed by atoms with van der Waals surface area (Å²) in [6.45, 7) is 3.13. The molecule has 0 aliphatic carbocycles. The predicted octanol–water partition coefficient (Wildman–Crippen LogP) is 1.75. The molecule has 3 rings (SSSR count). The Hall–Kier alpha value is -2.21. The first-order valence-electron chi connectivity index (χ1n) is 7.28. The predicted molar refractivity (Wildman–Crippen MR) is 80.9 cm³/mol. The topological polar surface area (TPSA) is 60.0 Å². The Bertz CT molecular complexity index is 714. The summed E-state index contributed by atoms with van der Waals surface area (Å²) in [5.41, 5.74) is 2.33. The third-order valence-corrected chi connectivity index (χ3v) is 3.66. The summed E-state index contributed by atoms with van der Waals surface area (Å²) < 4.78 is 3.74. The van der Waals surface area contributed by atoms with Gasteiger partial charge in [0.2, 0.25) is 0 Å². The molecule has 6 heteroatoms. The van der Waals surface area contributed by atoms with Crippen molar-refractivity contribution >= 4 is 5.52 Å². The number of nitrogens with one attached hydrogen (secondary N) is 1. The second-order valence-electron chi connectivity index (χ2n) is 5.14. The van der Waals surface area contributed by atoms with Gasteiger partial charge in [-0.3, -0.25) is 4.68 Å². The molecular weight excluding hydrogens is 264 g/mol. The normalized spacial score (nSPS) is 12.9. The summed E-state index contributed by atoms with van der Waals surface area (Å²) in [4.78, 5) is 4.34. The van der Waals surface area contributed by atoms with Gasteiger partial charge >= 0.3 is 0 Å². The van der Waals surface area contributed by atoms with Crippen LogP contribution >= 0.6 is 0 Å². The highest BCUT2D eigenvalue weighted by atomic mass is 15.3. The Morgan fingerprint density at radius 3 is 2.95 bits per heavy atom. The number of aryl methyl sites for hydroxylation is 1. The van der Waals surface area contributed by atoms with Gasteiger partial charge in [0, 0.05) is 31.3 Å². The molecule has 0 fully saturated rings. The molecule has 0 radical (unpaired) electrons. The molecule has 0 spiro atoms. The van der Waals surface area contributed by atoms with Gasteiger partial charge in [0.05, 0.1) is 11.7 Å². The van der Waals surface area contributed by atoms with E-state index < -0.39 is 0 Å². The number of aromatic nitrogens is 5. The third kappa shape index (κ3) is 2.80. The minimum absolute atomic E-state index is 0.188. The van der Waals surface area contributed by atoms with Gasteiger partial charge in [-0.1, -0.05) is 13.0 Å². The second-order valence-corrected chi connectivity index (χ2v) is 5.14. The van der Waals surface area contributed by atoms with Crippen LogP contribution in [0.3, 0.4) is 0 Å². The van der Waals surface area contributed by atoms with Crippen molar-refractivity contribution < 1.29 is 0 Å². The quantitative estimate of drug-likeness (QED) is 0.749. The van der Waals surface area contributed by atoms with Crippen LogP contribution in [-0.4, -0.2) is 30.9 Å². The molecular formula is C15H20N6. The Morgan fingerprint density at radius 2 is 2.19 bits per heavy atom. The van der Waals surface area contributed by atoms with E-state index in [1.165, 1.54) is 5.56 Å². The number of rotatable bonds is 6. The van der Waals surface area contributed by atoms with E-state index in [1.807, 2.05) is 40.8 Å². The van der Waals surface area contributed by atoms with Crippen LogP contribution in [0, 0.1) is 0 Å². The molecule has 1 unspecified atom stereocenters. The molecule has 21 heavy (non-hydrogen) atoms. The van der Waals surface area contributed by atoms with Crippen molar-refractivity contribution in [3.05, 3.63) is 48.3 Å². The summed E-state index contributed by atoms with van der Waals surface area (Å²) in [6, 6.07) is 6.31. The van der Waals surface area contributed by atoms with Crippen molar-refractivity contribution in [2.24, 2.45) is 7.05 Å². The number of nitrogens with zero attached hydrogens (tertiary/aromatic N) is 5. The van der Waals surface area contributed by atoms with Gasteiger partial charge in [0.15, 0.2) is 0 Å². The molecule has 110 valence electrons. The van der Waals surface area contributed by atoms with E-state index in [9.17, 15) is 0 Å². The standard InChI is InChI=1S/C15H20N6/c1-3-7-16-13(9-15-17-11-19-20(15)2)12-10-18-21-8-5-4-6-14(12)21/h4-6,8,10-11,13,16H,3,7,9H2,1-2H3. The lowest BCUT2D eigenvalue weighted by molar-refractivity contribution is 0.509. The van der Waals surface area contributed by atoms with Crippen molar-refractivity contribution in [2.45, 2.75) is 25.8 Å². The Balaban J connectivity index is 1.93. The molecule has 0 amide bonds. The summed E-state index contributed by atoms with van der Waals surface area (Å²) >= 11 is 0. The maximum atomic E-state index is 4.43. The van der Waals surface area contributed by atoms with Crippen LogP contribution in [0.4, 0.5) is 0 Å². The van der Waals surface area contributed by atoms with Gasteiger partial charge in [-0.05, 0) is 25.1 Å². The van der Waals surface area contributed by atoms with Crippen molar-refractivity contribution in [1.29, 1.82) is 0 Å². The SMILES string of the molecule is CCCNC(Cc1ncnn1C)c1cnn2ccccc12. The highest BCUT2D eigenvalue weighted by molar-refractivity contribution is 5.55. The summed E-state index contributed by atoms with van der Waals surface area (Å²) in [6.07, 6.45) is 7.40. The number of pyridine rings is 1. The molecule has 1 N–H and O–H groups in total. The lowest BCUT2D eigenvalue weighted by atomic mass is 10.0. The van der Waals surface area contributed by atoms with Crippen molar-refractivity contribution in [1.82, 2.24) is 29.7 Å². The van der Waals surface area contributed by atoms with Gasteiger partial charge in [0.1, 0.15) is 12.2 Å². The average molecular weight is 284 g/mol. The summed E-state index contributed by atoms with van der Waals surface area (Å²) in [5.74, 6) is 0.971. The number of fused-ring (bicyclic) bond motifs is 1. The van der Waals surface area contributed by atoms with E-state index in [2.05, 4.69) is 33.5 Å². The first kappa shape index (κ1) is 13.8. The van der Waals surface area contributed by atoms with Crippen LogP contribution < -0.4 is 5.32 Å². The maximum Gasteiger partial charge on any atom is 0.138 e. The minimum Gasteiger partial charge on any atom is -0.309 e. The molecule has 0 saturated heterocycles. The van der Waals surface area contributed by atoms with E-state index in [0.29, 0.717) is 0 Å². The molecule has 3 aromatic heterocycles. The summed E-state index contributed by atoms with van der Waals surface area (Å²) in [5, 5.41) is 12.2. The van der Waals surface area contributed by atoms with Crippen LogP contribution in [-0.2, 0) is 13.5 Å². The van der Waals surface area contributed by atoms with Gasteiger partial charge in [-0.2, -0.15) is 10.2 Å². The van der Waals surface area contributed by atoms with Gasteiger partial charge < -0.3 is 5.32 Å². The first-order chi connectivity index (χ1) is 10.3. The smallest absolute Gasteiger partial charge is 0.138 e. The van der Waals surface area contributed by atoms with Gasteiger partial charge in [-0.15, -0.1) is 0 Å². The second kappa shape index (κ2) is 6.05. The van der Waals surface area contributed by atoms with Gasteiger partial charge in [0.25, 0.3) is 0 Å². The monoisotopic (exact) mass is 284 g/mol. The lowest BCUT2D eigenvalue weighted by Crippen LogP contribution is -2.25. The zero-order valence-corrected chi connectivity index (χ0v) is 12.4. The van der Waals surface area contributed by atoms with Crippen LogP contribution in [0.2, 0.25) is 0 Å². The molecule has 0 aliphatic heterocycles. The highest BCUT2D eigenvalue weighted by Crippen LogP contribution is 2.22. The first-order valence-corrected chi connectivity index (χ1v) is 7.28. The zero-order valence-electron chi connectivity index (χ0n) is 12.4. The van der Waals surface area contributed by atoms with Crippen molar-refractivity contribution in [3.8, 4) is 0 Å². The molecule has 0 saturated carbocycles. The lowest BCUT2D eigenvalue weighted by Gasteiger charge is -2.17. The molecule has 6 nitrogen and oxygen atoms in total. The van der Waals surface area contributed by atoms with E-state index in [0.717, 1.165) is 30.7 Å². The molecule has 0 aliphatic rings. The maximum absolute atomic E-state index is 4.43. The van der Waals surface area contributed by atoms with E-state index >= 15 is 0 Å². The van der Waals surface area contributed by atoms with Crippen LogP contribution in [0.15, 0.2) is 36.9 Å². The van der Waals surface area contributed by atoms with E-state index in [1.54, 1.807) is 6.33 Å². The molecule has 0 bridgehead atoms. The fourth-order valence-corrected chi connectivity index (χ4v) is 2.52. The third-order valence-electron chi connectivity index (χ3n) is 3.66. The van der Waals surface area contributed by atoms with E-state index in [-0.39, 0.29) is 6.04 Å². The average Bonchev–Trinajstić information content (AvgIpc) is 3.10. The number of hydrogen-bond donors (Lipinski definition) is 1. The van der Waals surface area contributed by atoms with Crippen molar-refractivity contribution in [2.75, 3.05) is 6.54 Å². The minimum atomic E-state index is 0.188.